The van der Waals surface area contributed by atoms with Crippen molar-refractivity contribution in [3.05, 3.63) is 65.2 Å². The van der Waals surface area contributed by atoms with E-state index in [1.807, 2.05) is 18.1 Å². The minimum absolute atomic E-state index is 0.224. The van der Waals surface area contributed by atoms with Gasteiger partial charge in [0, 0.05) is 57.7 Å². The second-order valence-electron chi connectivity index (χ2n) is 10.5. The van der Waals surface area contributed by atoms with Crippen LogP contribution in [-0.2, 0) is 11.2 Å². The Morgan fingerprint density at radius 1 is 1.14 bits per heavy atom. The minimum Gasteiger partial charge on any atom is -0.381 e. The predicted molar refractivity (Wildman–Crippen MR) is 146 cm³/mol. The number of anilines is 2. The van der Waals surface area contributed by atoms with Crippen LogP contribution in [0.3, 0.4) is 0 Å². The summed E-state index contributed by atoms with van der Waals surface area (Å²) < 4.78 is 5.51. The van der Waals surface area contributed by atoms with Crippen LogP contribution in [0, 0.1) is 5.92 Å². The summed E-state index contributed by atoms with van der Waals surface area (Å²) in [4.78, 5) is 15.1. The lowest BCUT2D eigenvalue weighted by Gasteiger charge is -2.40. The van der Waals surface area contributed by atoms with E-state index in [1.165, 1.54) is 28.0 Å². The predicted octanol–water partition coefficient (Wildman–Crippen LogP) is 4.02. The number of carbonyl (C=O) groups is 1. The molecule has 0 aromatic heterocycles. The number of allylic oxidation sites excluding steroid dienone is 1. The summed E-state index contributed by atoms with van der Waals surface area (Å²) in [5.74, 6) is 0.591. The van der Waals surface area contributed by atoms with E-state index in [0.29, 0.717) is 25.2 Å². The summed E-state index contributed by atoms with van der Waals surface area (Å²) in [5, 5.41) is 7.14. The molecule has 2 amide bonds. The van der Waals surface area contributed by atoms with Gasteiger partial charge in [0.15, 0.2) is 0 Å². The second kappa shape index (κ2) is 10.6. The van der Waals surface area contributed by atoms with Crippen molar-refractivity contribution >= 4 is 23.0 Å². The second-order valence-corrected chi connectivity index (χ2v) is 10.5. The highest BCUT2D eigenvalue weighted by atomic mass is 16.5. The van der Waals surface area contributed by atoms with Crippen LogP contribution in [0.1, 0.15) is 43.4 Å². The number of benzene rings is 2. The topological polar surface area (TPSA) is 74.1 Å². The summed E-state index contributed by atoms with van der Waals surface area (Å²) in [6.07, 6.45) is 4.95. The molecule has 1 unspecified atom stereocenters. The van der Waals surface area contributed by atoms with Gasteiger partial charge in [-0.1, -0.05) is 38.1 Å². The Kier molecular flexibility index (Phi) is 7.32. The third-order valence-electron chi connectivity index (χ3n) is 7.96. The molecular weight excluding hydrogens is 450 g/mol. The number of carbonyl (C=O) groups excluding carboxylic acids is 1. The van der Waals surface area contributed by atoms with Gasteiger partial charge in [-0.15, -0.1) is 0 Å². The quantitative estimate of drug-likeness (QED) is 0.600. The largest absolute Gasteiger partial charge is 0.381 e. The molecule has 2 fully saturated rings. The lowest BCUT2D eigenvalue weighted by molar-refractivity contribution is 0.0420. The summed E-state index contributed by atoms with van der Waals surface area (Å²) in [7, 11) is 1.95. The molecule has 0 saturated carbocycles. The number of nitrogens with one attached hydrogen (secondary N) is 1. The van der Waals surface area contributed by atoms with Crippen molar-refractivity contribution in [1.82, 2.24) is 10.3 Å². The van der Waals surface area contributed by atoms with Crippen LogP contribution in [0.5, 0.6) is 0 Å². The molecule has 0 radical (unpaired) electrons. The third kappa shape index (κ3) is 4.88. The summed E-state index contributed by atoms with van der Waals surface area (Å²) in [6.45, 7) is 9.09. The van der Waals surface area contributed by atoms with Crippen LogP contribution in [0.4, 0.5) is 16.2 Å². The molecule has 7 nitrogen and oxygen atoms in total. The van der Waals surface area contributed by atoms with Crippen molar-refractivity contribution in [2.75, 3.05) is 49.8 Å². The molecule has 192 valence electrons. The van der Waals surface area contributed by atoms with Gasteiger partial charge in [-0.2, -0.15) is 0 Å². The van der Waals surface area contributed by atoms with E-state index in [-0.39, 0.29) is 6.04 Å². The number of hydrogen-bond donors (Lipinski definition) is 2. The molecule has 3 N–H and O–H groups in total. The lowest BCUT2D eigenvalue weighted by Crippen LogP contribution is -2.53. The Hall–Kier alpha value is -2.87. The number of urea groups is 1. The molecule has 2 aromatic rings. The summed E-state index contributed by atoms with van der Waals surface area (Å²) in [5.41, 5.74) is 12.8. The molecule has 0 bridgehead atoms. The summed E-state index contributed by atoms with van der Waals surface area (Å²) >= 11 is 0. The first-order chi connectivity index (χ1) is 17.4. The Balaban J connectivity index is 1.39. The maximum Gasteiger partial charge on any atom is 0.334 e. The third-order valence-corrected chi connectivity index (χ3v) is 7.96. The number of primary amides is 1. The van der Waals surface area contributed by atoms with Gasteiger partial charge in [0.2, 0.25) is 0 Å². The number of piperazine rings is 1. The number of fused-ring (bicyclic) bond motifs is 1. The van der Waals surface area contributed by atoms with E-state index >= 15 is 0 Å². The van der Waals surface area contributed by atoms with Crippen molar-refractivity contribution in [2.24, 2.45) is 11.7 Å². The molecule has 3 aliphatic rings. The molecule has 7 heteroatoms. The zero-order valence-corrected chi connectivity index (χ0v) is 21.7. The highest BCUT2D eigenvalue weighted by Crippen LogP contribution is 2.37. The molecule has 5 rings (SSSR count). The van der Waals surface area contributed by atoms with Crippen LogP contribution in [0.2, 0.25) is 0 Å². The van der Waals surface area contributed by atoms with Crippen LogP contribution in [0.25, 0.3) is 5.57 Å². The van der Waals surface area contributed by atoms with Crippen LogP contribution >= 0.6 is 0 Å². The molecule has 2 saturated heterocycles. The van der Waals surface area contributed by atoms with Gasteiger partial charge in [-0.25, -0.2) is 14.8 Å². The van der Waals surface area contributed by atoms with Crippen molar-refractivity contribution in [3.8, 4) is 0 Å². The smallest absolute Gasteiger partial charge is 0.334 e. The van der Waals surface area contributed by atoms with Crippen molar-refractivity contribution in [3.63, 3.8) is 0 Å². The van der Waals surface area contributed by atoms with E-state index in [2.05, 4.69) is 66.5 Å². The standard InChI is InChI=1S/C29H39N5O2/c1-20(2)28-19-31-14-15-33(28)24-8-4-21(5-9-24)26-11-7-22-6-10-25(18-27(22)26)34(29(30)35)32(3)23-12-16-36-17-13-23/h4-6,8-11,18,20,23,28,31H,7,12-17,19H2,1-3H3,(H2,30,35). The molecule has 1 atom stereocenters. The van der Waals surface area contributed by atoms with Gasteiger partial charge in [-0.05, 0) is 71.7 Å². The van der Waals surface area contributed by atoms with Crippen LogP contribution in [0.15, 0.2) is 48.5 Å². The minimum atomic E-state index is -0.465. The number of nitrogens with two attached hydrogens (primary N) is 1. The summed E-state index contributed by atoms with van der Waals surface area (Å²) in [6, 6.07) is 15.5. The molecule has 1 aliphatic carbocycles. The zero-order chi connectivity index (χ0) is 25.2. The Morgan fingerprint density at radius 2 is 1.89 bits per heavy atom. The number of rotatable bonds is 6. The van der Waals surface area contributed by atoms with Gasteiger partial charge in [-0.3, -0.25) is 0 Å². The Morgan fingerprint density at radius 3 is 2.58 bits per heavy atom. The van der Waals surface area contributed by atoms with E-state index in [1.54, 1.807) is 5.01 Å². The Bertz CT molecular complexity index is 1110. The fourth-order valence-corrected chi connectivity index (χ4v) is 5.88. The molecular formula is C29H39N5O2. The van der Waals surface area contributed by atoms with E-state index in [4.69, 9.17) is 10.5 Å². The SMILES string of the molecule is CC(C)C1CNCCN1c1ccc(C2=CCc3ccc(N(C(N)=O)N(C)C4CCOCC4)cc32)cc1. The fourth-order valence-electron chi connectivity index (χ4n) is 5.88. The average Bonchev–Trinajstić information content (AvgIpc) is 3.32. The van der Waals surface area contributed by atoms with Crippen molar-refractivity contribution < 1.29 is 9.53 Å². The van der Waals surface area contributed by atoms with Gasteiger partial charge >= 0.3 is 6.03 Å². The Labute approximate surface area is 214 Å². The average molecular weight is 490 g/mol. The number of amides is 2. The fraction of sp³-hybridized carbons (Fsp3) is 0.483. The molecule has 0 spiro atoms. The van der Waals surface area contributed by atoms with Crippen LogP contribution < -0.4 is 21.0 Å². The molecule has 36 heavy (non-hydrogen) atoms. The number of hydrogen-bond acceptors (Lipinski definition) is 5. The van der Waals surface area contributed by atoms with Crippen LogP contribution in [-0.4, -0.2) is 63.0 Å². The highest BCUT2D eigenvalue weighted by molar-refractivity contribution is 5.92. The first-order valence-electron chi connectivity index (χ1n) is 13.3. The number of hydrazine groups is 1. The van der Waals surface area contributed by atoms with Gasteiger partial charge in [0.05, 0.1) is 5.69 Å². The van der Waals surface area contributed by atoms with Crippen molar-refractivity contribution in [1.29, 1.82) is 0 Å². The highest BCUT2D eigenvalue weighted by Gasteiger charge is 2.29. The monoisotopic (exact) mass is 489 g/mol. The number of nitrogens with zero attached hydrogens (tertiary/aromatic N) is 3. The first kappa shape index (κ1) is 24.8. The number of ether oxygens (including phenoxy) is 1. The van der Waals surface area contributed by atoms with Gasteiger partial charge < -0.3 is 20.7 Å². The molecule has 2 heterocycles. The normalized spacial score (nSPS) is 20.5. The van der Waals surface area contributed by atoms with E-state index in [9.17, 15) is 4.79 Å². The van der Waals surface area contributed by atoms with E-state index in [0.717, 1.165) is 44.6 Å². The zero-order valence-electron chi connectivity index (χ0n) is 21.7. The maximum absolute atomic E-state index is 12.5. The maximum atomic E-state index is 12.5. The van der Waals surface area contributed by atoms with E-state index < -0.39 is 6.03 Å². The van der Waals surface area contributed by atoms with Gasteiger partial charge in [0.1, 0.15) is 0 Å². The molecule has 2 aromatic carbocycles. The van der Waals surface area contributed by atoms with Gasteiger partial charge in [0.25, 0.3) is 0 Å². The lowest BCUT2D eigenvalue weighted by atomic mass is 9.97. The molecule has 2 aliphatic heterocycles. The first-order valence-corrected chi connectivity index (χ1v) is 13.3. The van der Waals surface area contributed by atoms with Crippen molar-refractivity contribution in [2.45, 2.75) is 45.2 Å².